The van der Waals surface area contributed by atoms with Crippen molar-refractivity contribution in [2.24, 2.45) is 0 Å². The third kappa shape index (κ3) is 4.36. The van der Waals surface area contributed by atoms with E-state index in [4.69, 9.17) is 12.2 Å². The molecule has 2 atom stereocenters. The first-order valence-corrected chi connectivity index (χ1v) is 10.7. The quantitative estimate of drug-likeness (QED) is 0.704. The molecule has 0 amide bonds. The van der Waals surface area contributed by atoms with Gasteiger partial charge < -0.3 is 10.6 Å². The van der Waals surface area contributed by atoms with Gasteiger partial charge in [0.25, 0.3) is 0 Å². The van der Waals surface area contributed by atoms with E-state index in [-0.39, 0.29) is 5.82 Å². The summed E-state index contributed by atoms with van der Waals surface area (Å²) >= 11 is 5.60. The molecular weight excluding hydrogens is 369 g/mol. The van der Waals surface area contributed by atoms with Crippen LogP contribution in [-0.2, 0) is 13.0 Å². The molecule has 2 aromatic rings. The number of nitrogens with zero attached hydrogens (tertiary/aromatic N) is 1. The summed E-state index contributed by atoms with van der Waals surface area (Å²) < 4.78 is 13.2. The standard InChI is InChI=1S/C23H28FN3S/c1-2-17-5-3-4-6-22(17)26-23(28)25-19-13-20-11-12-21(14-19)27(20)15-16-7-9-18(24)10-8-16/h3-10,19-21H,2,11-15H2,1H3,(H2,25,26,28)/t20-,21-/m1/s1. The number of anilines is 1. The second-order valence-electron chi connectivity index (χ2n) is 7.96. The van der Waals surface area contributed by atoms with Crippen LogP contribution in [0.2, 0.25) is 0 Å². The van der Waals surface area contributed by atoms with Crippen molar-refractivity contribution in [3.8, 4) is 0 Å². The Labute approximate surface area is 172 Å². The van der Waals surface area contributed by atoms with Crippen LogP contribution in [0, 0.1) is 5.82 Å². The van der Waals surface area contributed by atoms with Gasteiger partial charge in [0.2, 0.25) is 0 Å². The van der Waals surface area contributed by atoms with Crippen molar-refractivity contribution in [1.29, 1.82) is 0 Å². The lowest BCUT2D eigenvalue weighted by Crippen LogP contribution is -2.50. The average molecular weight is 398 g/mol. The van der Waals surface area contributed by atoms with E-state index in [1.54, 1.807) is 12.1 Å². The third-order valence-corrected chi connectivity index (χ3v) is 6.36. The van der Waals surface area contributed by atoms with Gasteiger partial charge in [0.05, 0.1) is 0 Å². The van der Waals surface area contributed by atoms with Gasteiger partial charge >= 0.3 is 0 Å². The van der Waals surface area contributed by atoms with Crippen LogP contribution in [0.5, 0.6) is 0 Å². The van der Waals surface area contributed by atoms with E-state index in [0.29, 0.717) is 18.1 Å². The Kier molecular flexibility index (Phi) is 5.93. The molecule has 0 aromatic heterocycles. The van der Waals surface area contributed by atoms with Gasteiger partial charge in [0, 0.05) is 30.4 Å². The number of benzene rings is 2. The van der Waals surface area contributed by atoms with E-state index in [1.807, 2.05) is 18.2 Å². The summed E-state index contributed by atoms with van der Waals surface area (Å²) in [6.07, 6.45) is 5.67. The molecule has 2 fully saturated rings. The number of nitrogens with one attached hydrogen (secondary N) is 2. The van der Waals surface area contributed by atoms with Crippen molar-refractivity contribution >= 4 is 23.0 Å². The minimum absolute atomic E-state index is 0.166. The number of fused-ring (bicyclic) bond motifs is 2. The fraction of sp³-hybridized carbons (Fsp3) is 0.435. The summed E-state index contributed by atoms with van der Waals surface area (Å²) in [5.74, 6) is -0.166. The number of aryl methyl sites for hydroxylation is 1. The lowest BCUT2D eigenvalue weighted by molar-refractivity contribution is 0.115. The first-order chi connectivity index (χ1) is 13.6. The Morgan fingerprint density at radius 3 is 2.43 bits per heavy atom. The monoisotopic (exact) mass is 397 g/mol. The average Bonchev–Trinajstić information content (AvgIpc) is 2.92. The van der Waals surface area contributed by atoms with Crippen molar-refractivity contribution in [3.05, 3.63) is 65.5 Å². The van der Waals surface area contributed by atoms with Crippen molar-refractivity contribution in [3.63, 3.8) is 0 Å². The van der Waals surface area contributed by atoms with E-state index < -0.39 is 0 Å². The smallest absolute Gasteiger partial charge is 0.171 e. The molecule has 0 radical (unpaired) electrons. The molecule has 2 bridgehead atoms. The molecule has 2 aromatic carbocycles. The number of piperidine rings is 1. The number of hydrogen-bond acceptors (Lipinski definition) is 2. The van der Waals surface area contributed by atoms with E-state index in [0.717, 1.165) is 36.6 Å². The van der Waals surface area contributed by atoms with Crippen LogP contribution in [0.25, 0.3) is 0 Å². The van der Waals surface area contributed by atoms with Crippen LogP contribution >= 0.6 is 12.2 Å². The van der Waals surface area contributed by atoms with Crippen LogP contribution in [0.3, 0.4) is 0 Å². The number of para-hydroxylation sites is 1. The van der Waals surface area contributed by atoms with E-state index in [9.17, 15) is 4.39 Å². The fourth-order valence-corrected chi connectivity index (χ4v) is 5.02. The van der Waals surface area contributed by atoms with Crippen LogP contribution in [0.4, 0.5) is 10.1 Å². The van der Waals surface area contributed by atoms with Gasteiger partial charge in [-0.25, -0.2) is 4.39 Å². The van der Waals surface area contributed by atoms with Crippen molar-refractivity contribution in [1.82, 2.24) is 10.2 Å². The number of halogens is 1. The van der Waals surface area contributed by atoms with Crippen LogP contribution in [0.15, 0.2) is 48.5 Å². The van der Waals surface area contributed by atoms with Crippen LogP contribution in [-0.4, -0.2) is 28.1 Å². The molecule has 4 rings (SSSR count). The Morgan fingerprint density at radius 1 is 1.07 bits per heavy atom. The predicted molar refractivity (Wildman–Crippen MR) is 117 cm³/mol. The summed E-state index contributed by atoms with van der Waals surface area (Å²) in [5.41, 5.74) is 3.57. The Hall–Kier alpha value is -1.98. The van der Waals surface area contributed by atoms with Gasteiger partial charge in [0.1, 0.15) is 5.82 Å². The van der Waals surface area contributed by atoms with Gasteiger partial charge in [-0.2, -0.15) is 0 Å². The summed E-state index contributed by atoms with van der Waals surface area (Å²) in [7, 11) is 0. The second-order valence-corrected chi connectivity index (χ2v) is 8.37. The van der Waals surface area contributed by atoms with Gasteiger partial charge in [-0.1, -0.05) is 37.3 Å². The molecule has 5 heteroatoms. The maximum atomic E-state index is 13.2. The first kappa shape index (κ1) is 19.3. The van der Waals surface area contributed by atoms with E-state index >= 15 is 0 Å². The number of thiocarbonyl (C=S) groups is 1. The third-order valence-electron chi connectivity index (χ3n) is 6.14. The molecule has 0 spiro atoms. The minimum atomic E-state index is -0.166. The molecule has 2 saturated heterocycles. The van der Waals surface area contributed by atoms with Crippen molar-refractivity contribution in [2.75, 3.05) is 5.32 Å². The zero-order chi connectivity index (χ0) is 19.5. The number of hydrogen-bond donors (Lipinski definition) is 2. The van der Waals surface area contributed by atoms with E-state index in [2.05, 4.69) is 40.7 Å². The Balaban J connectivity index is 1.34. The second kappa shape index (κ2) is 8.58. The van der Waals surface area contributed by atoms with Gasteiger partial charge in [-0.15, -0.1) is 0 Å². The summed E-state index contributed by atoms with van der Waals surface area (Å²) in [6, 6.07) is 16.8. The molecule has 0 saturated carbocycles. The SMILES string of the molecule is CCc1ccccc1NC(=S)NC1C[C@H]2CC[C@H](C1)N2Cc1ccc(F)cc1. The highest BCUT2D eigenvalue weighted by Gasteiger charge is 2.40. The zero-order valence-corrected chi connectivity index (χ0v) is 17.1. The summed E-state index contributed by atoms with van der Waals surface area (Å²) in [5, 5.41) is 7.66. The summed E-state index contributed by atoms with van der Waals surface area (Å²) in [6.45, 7) is 3.07. The normalized spacial score (nSPS) is 24.1. The fourth-order valence-electron chi connectivity index (χ4n) is 4.75. The van der Waals surface area contributed by atoms with Crippen molar-refractivity contribution in [2.45, 2.75) is 63.7 Å². The zero-order valence-electron chi connectivity index (χ0n) is 16.3. The predicted octanol–water partition coefficient (Wildman–Crippen LogP) is 4.87. The van der Waals surface area contributed by atoms with Crippen molar-refractivity contribution < 1.29 is 4.39 Å². The minimum Gasteiger partial charge on any atom is -0.360 e. The highest BCUT2D eigenvalue weighted by atomic mass is 32.1. The van der Waals surface area contributed by atoms with Crippen LogP contribution < -0.4 is 10.6 Å². The van der Waals surface area contributed by atoms with Gasteiger partial charge in [-0.05, 0) is 73.6 Å². The largest absolute Gasteiger partial charge is 0.360 e. The first-order valence-electron chi connectivity index (χ1n) is 10.3. The highest BCUT2D eigenvalue weighted by Crippen LogP contribution is 2.37. The lowest BCUT2D eigenvalue weighted by Gasteiger charge is -2.39. The maximum absolute atomic E-state index is 13.2. The molecule has 2 aliphatic rings. The Morgan fingerprint density at radius 2 is 1.75 bits per heavy atom. The van der Waals surface area contributed by atoms with Crippen LogP contribution in [0.1, 0.15) is 43.7 Å². The molecule has 28 heavy (non-hydrogen) atoms. The number of rotatable bonds is 5. The topological polar surface area (TPSA) is 27.3 Å². The van der Waals surface area contributed by atoms with Gasteiger partial charge in [0.15, 0.2) is 5.11 Å². The maximum Gasteiger partial charge on any atom is 0.171 e. The molecular formula is C23H28FN3S. The molecule has 2 heterocycles. The molecule has 2 N–H and O–H groups in total. The highest BCUT2D eigenvalue weighted by molar-refractivity contribution is 7.80. The molecule has 0 aliphatic carbocycles. The molecule has 2 aliphatic heterocycles. The Bertz CT molecular complexity index is 809. The molecule has 0 unspecified atom stereocenters. The molecule has 3 nitrogen and oxygen atoms in total. The lowest BCUT2D eigenvalue weighted by atomic mass is 9.96. The molecule has 148 valence electrons. The van der Waals surface area contributed by atoms with E-state index in [1.165, 1.54) is 24.0 Å². The summed E-state index contributed by atoms with van der Waals surface area (Å²) in [4.78, 5) is 2.61. The van der Waals surface area contributed by atoms with Gasteiger partial charge in [-0.3, -0.25) is 4.90 Å².